The maximum Gasteiger partial charge on any atom is 0.197 e. The molecule has 0 saturated carbocycles. The van der Waals surface area contributed by atoms with E-state index in [1.807, 2.05) is 0 Å². The van der Waals surface area contributed by atoms with E-state index in [1.54, 1.807) is 25.4 Å². The fraction of sp³-hybridized carbons (Fsp3) is 0.125. The van der Waals surface area contributed by atoms with Crippen LogP contribution >= 0.6 is 22.9 Å². The third kappa shape index (κ3) is 2.36. The molecule has 0 saturated heterocycles. The molecule has 4 heteroatoms. The van der Waals surface area contributed by atoms with Crippen molar-refractivity contribution in [3.8, 4) is 0 Å². The molecule has 0 aliphatic heterocycles. The number of rotatable bonds is 3. The van der Waals surface area contributed by atoms with Crippen molar-refractivity contribution in [1.29, 1.82) is 0 Å². The number of nitrogens with one attached hydrogen (secondary N) is 1. The molecule has 2 nitrogen and oxygen atoms in total. The fourth-order valence-electron chi connectivity index (χ4n) is 0.688. The van der Waals surface area contributed by atoms with Crippen LogP contribution in [0.2, 0.25) is 4.34 Å². The SMILES string of the molecule is CNC=CC(=O)c1ccc(Cl)s1. The lowest BCUT2D eigenvalue weighted by molar-refractivity contribution is 0.105. The van der Waals surface area contributed by atoms with Crippen LogP contribution in [0, 0.1) is 0 Å². The third-order valence-corrected chi connectivity index (χ3v) is 2.46. The first-order valence-electron chi connectivity index (χ1n) is 3.37. The van der Waals surface area contributed by atoms with Gasteiger partial charge in [-0.3, -0.25) is 4.79 Å². The largest absolute Gasteiger partial charge is 0.394 e. The van der Waals surface area contributed by atoms with Gasteiger partial charge in [-0.1, -0.05) is 11.6 Å². The summed E-state index contributed by atoms with van der Waals surface area (Å²) in [4.78, 5) is 11.9. The van der Waals surface area contributed by atoms with Gasteiger partial charge in [0.15, 0.2) is 5.78 Å². The molecule has 1 heterocycles. The van der Waals surface area contributed by atoms with Crippen molar-refractivity contribution in [1.82, 2.24) is 5.32 Å². The number of hydrogen-bond acceptors (Lipinski definition) is 3. The van der Waals surface area contributed by atoms with Crippen molar-refractivity contribution in [2.24, 2.45) is 0 Å². The Kier molecular flexibility index (Phi) is 3.31. The molecule has 64 valence electrons. The summed E-state index contributed by atoms with van der Waals surface area (Å²) >= 11 is 6.95. The lowest BCUT2D eigenvalue weighted by Gasteiger charge is -1.87. The average molecular weight is 202 g/mol. The summed E-state index contributed by atoms with van der Waals surface area (Å²) in [5.74, 6) is -0.0266. The van der Waals surface area contributed by atoms with Gasteiger partial charge < -0.3 is 5.32 Å². The Balaban J connectivity index is 2.72. The number of allylic oxidation sites excluding steroid dienone is 1. The van der Waals surface area contributed by atoms with Gasteiger partial charge in [0.25, 0.3) is 0 Å². The fourth-order valence-corrected chi connectivity index (χ4v) is 1.65. The van der Waals surface area contributed by atoms with Crippen molar-refractivity contribution in [3.63, 3.8) is 0 Å². The van der Waals surface area contributed by atoms with Crippen molar-refractivity contribution in [2.75, 3.05) is 7.05 Å². The van der Waals surface area contributed by atoms with E-state index in [9.17, 15) is 4.79 Å². The summed E-state index contributed by atoms with van der Waals surface area (Å²) in [6.07, 6.45) is 3.07. The minimum atomic E-state index is -0.0266. The van der Waals surface area contributed by atoms with Crippen molar-refractivity contribution in [2.45, 2.75) is 0 Å². The molecule has 0 aliphatic carbocycles. The van der Waals surface area contributed by atoms with Gasteiger partial charge in [0.05, 0.1) is 9.21 Å². The van der Waals surface area contributed by atoms with Gasteiger partial charge in [0.2, 0.25) is 0 Å². The zero-order chi connectivity index (χ0) is 8.97. The number of ketones is 1. The van der Waals surface area contributed by atoms with E-state index >= 15 is 0 Å². The second-order valence-corrected chi connectivity index (χ2v) is 3.81. The van der Waals surface area contributed by atoms with Crippen LogP contribution in [0.4, 0.5) is 0 Å². The number of halogens is 1. The Hall–Kier alpha value is -0.800. The van der Waals surface area contributed by atoms with E-state index in [1.165, 1.54) is 17.4 Å². The third-order valence-electron chi connectivity index (χ3n) is 1.22. The standard InChI is InChI=1S/C8H8ClNOS/c1-10-5-4-6(11)7-2-3-8(9)12-7/h2-5,10H,1H3. The van der Waals surface area contributed by atoms with E-state index in [2.05, 4.69) is 5.32 Å². The van der Waals surface area contributed by atoms with Gasteiger partial charge >= 0.3 is 0 Å². The Bertz CT molecular complexity index is 306. The molecule has 0 spiro atoms. The summed E-state index contributed by atoms with van der Waals surface area (Å²) in [5.41, 5.74) is 0. The molecular formula is C8H8ClNOS. The van der Waals surface area contributed by atoms with E-state index in [0.29, 0.717) is 9.21 Å². The maximum atomic E-state index is 11.2. The molecule has 0 radical (unpaired) electrons. The van der Waals surface area contributed by atoms with Crippen molar-refractivity contribution in [3.05, 3.63) is 33.6 Å². The van der Waals surface area contributed by atoms with Gasteiger partial charge in [-0.2, -0.15) is 0 Å². The first-order valence-corrected chi connectivity index (χ1v) is 4.57. The minimum Gasteiger partial charge on any atom is -0.394 e. The summed E-state index contributed by atoms with van der Waals surface area (Å²) in [6, 6.07) is 3.43. The highest BCUT2D eigenvalue weighted by atomic mass is 35.5. The predicted molar refractivity (Wildman–Crippen MR) is 51.9 cm³/mol. The monoisotopic (exact) mass is 201 g/mol. The van der Waals surface area contributed by atoms with Crippen LogP contribution in [0.15, 0.2) is 24.4 Å². The molecule has 0 amide bonds. The van der Waals surface area contributed by atoms with Gasteiger partial charge in [0, 0.05) is 19.3 Å². The predicted octanol–water partition coefficient (Wildman–Crippen LogP) is 2.32. The summed E-state index contributed by atoms with van der Waals surface area (Å²) in [6.45, 7) is 0. The molecule has 0 bridgehead atoms. The van der Waals surface area contributed by atoms with E-state index < -0.39 is 0 Å². The van der Waals surface area contributed by atoms with Crippen LogP contribution in [0.1, 0.15) is 9.67 Å². The number of thiophene rings is 1. The molecule has 1 aromatic rings. The number of hydrogen-bond donors (Lipinski definition) is 1. The van der Waals surface area contributed by atoms with Crippen LogP contribution in [0.3, 0.4) is 0 Å². The molecule has 12 heavy (non-hydrogen) atoms. The molecule has 0 aliphatic rings. The maximum absolute atomic E-state index is 11.2. The van der Waals surface area contributed by atoms with Gasteiger partial charge in [-0.15, -0.1) is 11.3 Å². The van der Waals surface area contributed by atoms with Crippen LogP contribution in [-0.4, -0.2) is 12.8 Å². The second-order valence-electron chi connectivity index (χ2n) is 2.09. The highest BCUT2D eigenvalue weighted by Gasteiger charge is 2.03. The Labute approximate surface area is 79.9 Å². The van der Waals surface area contributed by atoms with Crippen molar-refractivity contribution < 1.29 is 4.79 Å². The molecule has 1 rings (SSSR count). The van der Waals surface area contributed by atoms with Crippen molar-refractivity contribution >= 4 is 28.7 Å². The molecule has 0 unspecified atom stereocenters. The molecule has 0 atom stereocenters. The highest BCUT2D eigenvalue weighted by molar-refractivity contribution is 7.18. The summed E-state index contributed by atoms with van der Waals surface area (Å²) in [7, 11) is 1.74. The number of carbonyl (C=O) groups is 1. The normalized spacial score (nSPS) is 10.5. The lowest BCUT2D eigenvalue weighted by atomic mass is 10.3. The summed E-state index contributed by atoms with van der Waals surface area (Å²) in [5, 5.41) is 2.75. The first-order chi connectivity index (χ1) is 5.74. The molecule has 1 aromatic heterocycles. The van der Waals surface area contributed by atoms with Crippen LogP contribution in [0.5, 0.6) is 0 Å². The molecule has 1 N–H and O–H groups in total. The van der Waals surface area contributed by atoms with Gasteiger partial charge in [-0.05, 0) is 12.1 Å². The first kappa shape index (κ1) is 9.29. The van der Waals surface area contributed by atoms with Crippen LogP contribution in [-0.2, 0) is 0 Å². The Morgan fingerprint density at radius 3 is 2.92 bits per heavy atom. The summed E-state index contributed by atoms with van der Waals surface area (Å²) < 4.78 is 0.635. The Morgan fingerprint density at radius 2 is 2.42 bits per heavy atom. The van der Waals surface area contributed by atoms with Crippen LogP contribution < -0.4 is 5.32 Å². The zero-order valence-electron chi connectivity index (χ0n) is 6.50. The van der Waals surface area contributed by atoms with E-state index in [0.717, 1.165) is 0 Å². The molecular weight excluding hydrogens is 194 g/mol. The van der Waals surface area contributed by atoms with Crippen LogP contribution in [0.25, 0.3) is 0 Å². The van der Waals surface area contributed by atoms with Gasteiger partial charge in [-0.25, -0.2) is 0 Å². The zero-order valence-corrected chi connectivity index (χ0v) is 8.08. The van der Waals surface area contributed by atoms with E-state index in [-0.39, 0.29) is 5.78 Å². The topological polar surface area (TPSA) is 29.1 Å². The Morgan fingerprint density at radius 1 is 1.67 bits per heavy atom. The number of carbonyl (C=O) groups excluding carboxylic acids is 1. The smallest absolute Gasteiger partial charge is 0.197 e. The highest BCUT2D eigenvalue weighted by Crippen LogP contribution is 2.21. The average Bonchev–Trinajstić information content (AvgIpc) is 2.47. The molecule has 0 fully saturated rings. The second kappa shape index (κ2) is 4.28. The molecule has 0 aromatic carbocycles. The lowest BCUT2D eigenvalue weighted by Crippen LogP contribution is -1.96. The minimum absolute atomic E-state index is 0.0266. The van der Waals surface area contributed by atoms with E-state index in [4.69, 9.17) is 11.6 Å². The van der Waals surface area contributed by atoms with Gasteiger partial charge in [0.1, 0.15) is 0 Å². The quantitative estimate of drug-likeness (QED) is 0.601.